The molecule has 1 aliphatic rings. The van der Waals surface area contributed by atoms with Crippen LogP contribution in [0.25, 0.3) is 5.76 Å². The number of methoxy groups -OCH3 is 1. The first-order valence-corrected chi connectivity index (χ1v) is 10.7. The molecule has 0 aliphatic carbocycles. The lowest BCUT2D eigenvalue weighted by atomic mass is 9.95. The zero-order valence-electron chi connectivity index (χ0n) is 17.7. The van der Waals surface area contributed by atoms with Crippen LogP contribution in [-0.2, 0) is 9.59 Å². The highest BCUT2D eigenvalue weighted by Gasteiger charge is 2.47. The molecule has 1 saturated heterocycles. The van der Waals surface area contributed by atoms with Crippen LogP contribution in [-0.4, -0.2) is 29.0 Å². The predicted molar refractivity (Wildman–Crippen MR) is 127 cm³/mol. The van der Waals surface area contributed by atoms with Crippen molar-refractivity contribution in [2.45, 2.75) is 13.0 Å². The summed E-state index contributed by atoms with van der Waals surface area (Å²) in [7, 11) is 1.41. The standard InChI is InChI=1S/C25H19Cl2NO5/c1-13-4-3-5-16(10-13)28-21(14-6-8-17(29)9-7-14)20(23(31)25(28)32)22(30)15-11-18(26)24(33-2)19(27)12-15/h3-12,21,29-30H,1-2H3/b22-20+. The molecule has 1 atom stereocenters. The summed E-state index contributed by atoms with van der Waals surface area (Å²) in [6.07, 6.45) is 0. The van der Waals surface area contributed by atoms with E-state index in [1.165, 1.54) is 36.3 Å². The molecule has 168 valence electrons. The maximum Gasteiger partial charge on any atom is 0.300 e. The van der Waals surface area contributed by atoms with Gasteiger partial charge in [0.25, 0.3) is 11.7 Å². The molecule has 0 spiro atoms. The lowest BCUT2D eigenvalue weighted by molar-refractivity contribution is -0.132. The number of anilines is 1. The van der Waals surface area contributed by atoms with E-state index in [1.807, 2.05) is 13.0 Å². The van der Waals surface area contributed by atoms with Crippen LogP contribution in [0.2, 0.25) is 10.0 Å². The van der Waals surface area contributed by atoms with E-state index in [2.05, 4.69) is 0 Å². The number of hydrogen-bond donors (Lipinski definition) is 2. The van der Waals surface area contributed by atoms with E-state index in [-0.39, 0.29) is 32.7 Å². The Morgan fingerprint density at radius 2 is 1.64 bits per heavy atom. The van der Waals surface area contributed by atoms with E-state index >= 15 is 0 Å². The van der Waals surface area contributed by atoms with Crippen LogP contribution in [0.4, 0.5) is 5.69 Å². The van der Waals surface area contributed by atoms with E-state index in [0.717, 1.165) is 5.56 Å². The molecule has 1 aliphatic heterocycles. The van der Waals surface area contributed by atoms with Crippen LogP contribution in [0.15, 0.2) is 66.2 Å². The lowest BCUT2D eigenvalue weighted by Crippen LogP contribution is -2.29. The quantitative estimate of drug-likeness (QED) is 0.284. The van der Waals surface area contributed by atoms with Crippen LogP contribution >= 0.6 is 23.2 Å². The second-order valence-electron chi connectivity index (χ2n) is 7.57. The maximum absolute atomic E-state index is 13.2. The van der Waals surface area contributed by atoms with Crippen molar-refractivity contribution in [1.29, 1.82) is 0 Å². The van der Waals surface area contributed by atoms with Crippen molar-refractivity contribution in [3.63, 3.8) is 0 Å². The van der Waals surface area contributed by atoms with E-state index in [9.17, 15) is 19.8 Å². The summed E-state index contributed by atoms with van der Waals surface area (Å²) in [5.74, 6) is -1.81. The number of halogens is 2. The van der Waals surface area contributed by atoms with Crippen molar-refractivity contribution in [2.75, 3.05) is 12.0 Å². The molecule has 0 bridgehead atoms. The minimum absolute atomic E-state index is 0.0278. The molecule has 0 saturated carbocycles. The first-order chi connectivity index (χ1) is 15.7. The lowest BCUT2D eigenvalue weighted by Gasteiger charge is -2.25. The van der Waals surface area contributed by atoms with E-state index in [1.54, 1.807) is 30.3 Å². The highest BCUT2D eigenvalue weighted by molar-refractivity contribution is 6.51. The number of aliphatic hydroxyl groups excluding tert-OH is 1. The second kappa shape index (κ2) is 8.81. The molecule has 1 fully saturated rings. The summed E-state index contributed by atoms with van der Waals surface area (Å²) in [4.78, 5) is 27.7. The average molecular weight is 484 g/mol. The number of benzene rings is 3. The van der Waals surface area contributed by atoms with Crippen LogP contribution in [0.1, 0.15) is 22.7 Å². The van der Waals surface area contributed by atoms with Crippen molar-refractivity contribution in [3.8, 4) is 11.5 Å². The Balaban J connectivity index is 1.96. The fourth-order valence-corrected chi connectivity index (χ4v) is 4.54. The van der Waals surface area contributed by atoms with Crippen molar-refractivity contribution in [3.05, 3.63) is 93.0 Å². The molecule has 1 heterocycles. The molecule has 33 heavy (non-hydrogen) atoms. The third-order valence-electron chi connectivity index (χ3n) is 5.41. The Labute approximate surface area is 200 Å². The van der Waals surface area contributed by atoms with Gasteiger partial charge >= 0.3 is 0 Å². The Morgan fingerprint density at radius 3 is 2.21 bits per heavy atom. The number of amides is 1. The summed E-state index contributed by atoms with van der Waals surface area (Å²) >= 11 is 12.5. The van der Waals surface area contributed by atoms with Gasteiger partial charge in [0.1, 0.15) is 11.5 Å². The first-order valence-electron chi connectivity index (χ1n) is 9.93. The molecule has 0 radical (unpaired) electrons. The number of ketones is 1. The fourth-order valence-electron chi connectivity index (χ4n) is 3.90. The smallest absolute Gasteiger partial charge is 0.300 e. The topological polar surface area (TPSA) is 87.1 Å². The molecule has 6 nitrogen and oxygen atoms in total. The van der Waals surface area contributed by atoms with Gasteiger partial charge in [-0.25, -0.2) is 0 Å². The molecule has 3 aromatic rings. The van der Waals surface area contributed by atoms with E-state index in [0.29, 0.717) is 11.3 Å². The van der Waals surface area contributed by atoms with Gasteiger partial charge in [-0.3, -0.25) is 14.5 Å². The molecule has 2 N–H and O–H groups in total. The zero-order valence-corrected chi connectivity index (χ0v) is 19.2. The first kappa shape index (κ1) is 22.7. The number of aliphatic hydroxyl groups is 1. The maximum atomic E-state index is 13.2. The number of carbonyl (C=O) groups excluding carboxylic acids is 2. The number of phenolic OH excluding ortho intramolecular Hbond substituents is 1. The number of nitrogens with zero attached hydrogens (tertiary/aromatic N) is 1. The van der Waals surface area contributed by atoms with Gasteiger partial charge in [0.2, 0.25) is 0 Å². The second-order valence-corrected chi connectivity index (χ2v) is 8.39. The molecular formula is C25H19Cl2NO5. The average Bonchev–Trinajstić information content (AvgIpc) is 3.04. The molecule has 1 amide bonds. The van der Waals surface area contributed by atoms with Crippen LogP contribution in [0, 0.1) is 6.92 Å². The third kappa shape index (κ3) is 4.03. The fraction of sp³-hybridized carbons (Fsp3) is 0.120. The summed E-state index contributed by atoms with van der Waals surface area (Å²) in [6, 6.07) is 15.1. The molecular weight excluding hydrogens is 465 g/mol. The predicted octanol–water partition coefficient (Wildman–Crippen LogP) is 5.64. The number of ether oxygens (including phenoxy) is 1. The van der Waals surface area contributed by atoms with Gasteiger partial charge in [-0.15, -0.1) is 0 Å². The van der Waals surface area contributed by atoms with E-state index in [4.69, 9.17) is 27.9 Å². The highest BCUT2D eigenvalue weighted by Crippen LogP contribution is 2.44. The Bertz CT molecular complexity index is 1280. The summed E-state index contributed by atoms with van der Waals surface area (Å²) in [5.41, 5.74) is 1.97. The largest absolute Gasteiger partial charge is 0.508 e. The molecule has 8 heteroatoms. The normalized spacial score (nSPS) is 17.5. The minimum Gasteiger partial charge on any atom is -0.508 e. The number of Topliss-reactive ketones (excluding diaryl/α,β-unsaturated/α-hetero) is 1. The van der Waals surface area contributed by atoms with Crippen LogP contribution in [0.5, 0.6) is 11.5 Å². The van der Waals surface area contributed by atoms with Crippen molar-refractivity contribution in [2.24, 2.45) is 0 Å². The summed E-state index contributed by atoms with van der Waals surface area (Å²) in [6.45, 7) is 1.87. The molecule has 1 unspecified atom stereocenters. The van der Waals surface area contributed by atoms with Gasteiger partial charge in [0.05, 0.1) is 28.8 Å². The number of aryl methyl sites for hydroxylation is 1. The van der Waals surface area contributed by atoms with Gasteiger partial charge in [-0.05, 0) is 54.4 Å². The van der Waals surface area contributed by atoms with Crippen LogP contribution in [0.3, 0.4) is 0 Å². The highest BCUT2D eigenvalue weighted by atomic mass is 35.5. The number of hydrogen-bond acceptors (Lipinski definition) is 5. The monoisotopic (exact) mass is 483 g/mol. The molecule has 4 rings (SSSR count). The van der Waals surface area contributed by atoms with Crippen molar-refractivity contribution >= 4 is 46.3 Å². The Hall–Kier alpha value is -3.48. The summed E-state index contributed by atoms with van der Waals surface area (Å²) in [5, 5.41) is 21.2. The van der Waals surface area contributed by atoms with Crippen molar-refractivity contribution < 1.29 is 24.5 Å². The SMILES string of the molecule is COc1c(Cl)cc(/C(O)=C2\C(=O)C(=O)N(c3cccc(C)c3)C2c2ccc(O)cc2)cc1Cl. The van der Waals surface area contributed by atoms with Gasteiger partial charge in [-0.1, -0.05) is 47.5 Å². The Kier molecular flexibility index (Phi) is 6.06. The number of phenols is 1. The van der Waals surface area contributed by atoms with Gasteiger partial charge in [0.15, 0.2) is 5.75 Å². The molecule has 0 aromatic heterocycles. The van der Waals surface area contributed by atoms with Gasteiger partial charge in [0, 0.05) is 11.3 Å². The van der Waals surface area contributed by atoms with Crippen LogP contribution < -0.4 is 9.64 Å². The zero-order chi connectivity index (χ0) is 23.9. The Morgan fingerprint density at radius 1 is 1.00 bits per heavy atom. The number of aromatic hydroxyl groups is 1. The van der Waals surface area contributed by atoms with Crippen molar-refractivity contribution in [1.82, 2.24) is 0 Å². The molecule has 3 aromatic carbocycles. The summed E-state index contributed by atoms with van der Waals surface area (Å²) < 4.78 is 5.15. The number of rotatable bonds is 4. The van der Waals surface area contributed by atoms with E-state index < -0.39 is 23.5 Å². The minimum atomic E-state index is -0.938. The third-order valence-corrected chi connectivity index (χ3v) is 5.97. The number of carbonyl (C=O) groups is 2. The van der Waals surface area contributed by atoms with Gasteiger partial charge in [-0.2, -0.15) is 0 Å². The van der Waals surface area contributed by atoms with Gasteiger partial charge < -0.3 is 14.9 Å².